The molecule has 1 fully saturated rings. The maximum absolute atomic E-state index is 13.3. The summed E-state index contributed by atoms with van der Waals surface area (Å²) in [5.74, 6) is 0.368. The predicted octanol–water partition coefficient (Wildman–Crippen LogP) is 3.38. The molecule has 0 aliphatic carbocycles. The van der Waals surface area contributed by atoms with Crippen LogP contribution in [0.4, 0.5) is 10.2 Å². The van der Waals surface area contributed by atoms with Crippen LogP contribution in [-0.4, -0.2) is 47.0 Å². The van der Waals surface area contributed by atoms with Crippen LogP contribution in [0, 0.1) is 5.82 Å². The van der Waals surface area contributed by atoms with Gasteiger partial charge in [0.25, 0.3) is 5.91 Å². The third-order valence-electron chi connectivity index (χ3n) is 4.50. The van der Waals surface area contributed by atoms with Crippen LogP contribution < -0.4 is 4.90 Å². The second-order valence-electron chi connectivity index (χ2n) is 6.13. The van der Waals surface area contributed by atoms with Gasteiger partial charge in [0, 0.05) is 43.8 Å². The summed E-state index contributed by atoms with van der Waals surface area (Å²) in [4.78, 5) is 25.3. The Bertz CT molecular complexity index is 958. The number of fused-ring (bicyclic) bond motifs is 1. The number of aromatic nitrogens is 2. The van der Waals surface area contributed by atoms with Gasteiger partial charge in [0.2, 0.25) is 0 Å². The van der Waals surface area contributed by atoms with Crippen molar-refractivity contribution in [1.82, 2.24) is 14.9 Å². The fourth-order valence-corrected chi connectivity index (χ4v) is 3.34. The van der Waals surface area contributed by atoms with E-state index in [-0.39, 0.29) is 16.9 Å². The van der Waals surface area contributed by atoms with Gasteiger partial charge in [0.05, 0.1) is 11.1 Å². The van der Waals surface area contributed by atoms with Gasteiger partial charge >= 0.3 is 0 Å². The first-order chi connectivity index (χ1) is 12.6. The Morgan fingerprint density at radius 1 is 1.08 bits per heavy atom. The lowest BCUT2D eigenvalue weighted by molar-refractivity contribution is 0.0746. The van der Waals surface area contributed by atoms with E-state index in [9.17, 15) is 9.18 Å². The fourth-order valence-electron chi connectivity index (χ4n) is 3.12. The standard InChI is InChI=1S/C19H16ClFN4O/c20-18-15(11-13-4-5-14(21)12-16(13)23-18)19(26)25-9-7-24(8-10-25)17-3-1-2-6-22-17/h1-6,11-12H,7-10H2. The fraction of sp³-hybridized carbons (Fsp3) is 0.211. The third kappa shape index (κ3) is 3.20. The number of hydrogen-bond donors (Lipinski definition) is 0. The first kappa shape index (κ1) is 16.7. The molecule has 1 aromatic carbocycles. The summed E-state index contributed by atoms with van der Waals surface area (Å²) in [7, 11) is 0. The first-order valence-corrected chi connectivity index (χ1v) is 8.71. The summed E-state index contributed by atoms with van der Waals surface area (Å²) in [5, 5.41) is 0.784. The quantitative estimate of drug-likeness (QED) is 0.649. The molecule has 1 aliphatic rings. The van der Waals surface area contributed by atoms with E-state index in [1.807, 2.05) is 18.2 Å². The molecule has 3 aromatic rings. The number of anilines is 1. The molecule has 0 N–H and O–H groups in total. The van der Waals surface area contributed by atoms with E-state index >= 15 is 0 Å². The van der Waals surface area contributed by atoms with Crippen LogP contribution in [0.1, 0.15) is 10.4 Å². The van der Waals surface area contributed by atoms with E-state index in [2.05, 4.69) is 14.9 Å². The topological polar surface area (TPSA) is 49.3 Å². The molecule has 0 radical (unpaired) electrons. The normalized spacial score (nSPS) is 14.7. The Hall–Kier alpha value is -2.73. The number of pyridine rings is 2. The molecule has 26 heavy (non-hydrogen) atoms. The minimum atomic E-state index is -0.384. The van der Waals surface area contributed by atoms with Gasteiger partial charge in [0.1, 0.15) is 16.8 Å². The Kier molecular flexibility index (Phi) is 4.42. The van der Waals surface area contributed by atoms with Crippen molar-refractivity contribution in [2.24, 2.45) is 0 Å². The summed E-state index contributed by atoms with van der Waals surface area (Å²) in [5.41, 5.74) is 0.781. The molecule has 4 rings (SSSR count). The number of hydrogen-bond acceptors (Lipinski definition) is 4. The minimum Gasteiger partial charge on any atom is -0.353 e. The highest BCUT2D eigenvalue weighted by Gasteiger charge is 2.25. The highest BCUT2D eigenvalue weighted by atomic mass is 35.5. The van der Waals surface area contributed by atoms with Crippen molar-refractivity contribution >= 4 is 34.2 Å². The largest absolute Gasteiger partial charge is 0.353 e. The number of carbonyl (C=O) groups excluding carboxylic acids is 1. The van der Waals surface area contributed by atoms with Gasteiger partial charge in [-0.2, -0.15) is 0 Å². The Morgan fingerprint density at radius 2 is 1.88 bits per heavy atom. The van der Waals surface area contributed by atoms with Crippen molar-refractivity contribution < 1.29 is 9.18 Å². The molecule has 7 heteroatoms. The molecule has 0 bridgehead atoms. The van der Waals surface area contributed by atoms with E-state index in [0.717, 1.165) is 5.82 Å². The van der Waals surface area contributed by atoms with Gasteiger partial charge in [-0.05, 0) is 30.3 Å². The molecule has 1 aliphatic heterocycles. The van der Waals surface area contributed by atoms with Crippen molar-refractivity contribution in [3.63, 3.8) is 0 Å². The molecule has 0 atom stereocenters. The van der Waals surface area contributed by atoms with Gasteiger partial charge in [-0.15, -0.1) is 0 Å². The van der Waals surface area contributed by atoms with Crippen molar-refractivity contribution in [2.45, 2.75) is 0 Å². The summed E-state index contributed by atoms with van der Waals surface area (Å²) in [6.45, 7) is 2.56. The zero-order chi connectivity index (χ0) is 18.1. The second kappa shape index (κ2) is 6.88. The Morgan fingerprint density at radius 3 is 2.62 bits per heavy atom. The lowest BCUT2D eigenvalue weighted by Gasteiger charge is -2.35. The average molecular weight is 371 g/mol. The summed E-state index contributed by atoms with van der Waals surface area (Å²) in [6.07, 6.45) is 1.76. The highest BCUT2D eigenvalue weighted by Crippen LogP contribution is 2.23. The Labute approximate surface area is 155 Å². The molecule has 1 amide bonds. The molecule has 3 heterocycles. The molecular formula is C19H16ClFN4O. The average Bonchev–Trinajstić information content (AvgIpc) is 2.68. The smallest absolute Gasteiger partial charge is 0.257 e. The summed E-state index contributed by atoms with van der Waals surface area (Å²) in [6, 6.07) is 11.7. The number of piperazine rings is 1. The third-order valence-corrected chi connectivity index (χ3v) is 4.79. The summed E-state index contributed by atoms with van der Waals surface area (Å²) >= 11 is 6.19. The second-order valence-corrected chi connectivity index (χ2v) is 6.49. The van der Waals surface area contributed by atoms with E-state index in [1.165, 1.54) is 12.1 Å². The van der Waals surface area contributed by atoms with E-state index < -0.39 is 0 Å². The van der Waals surface area contributed by atoms with Crippen LogP contribution in [0.5, 0.6) is 0 Å². The van der Waals surface area contributed by atoms with E-state index in [4.69, 9.17) is 11.6 Å². The number of carbonyl (C=O) groups is 1. The maximum atomic E-state index is 13.3. The zero-order valence-electron chi connectivity index (χ0n) is 13.9. The van der Waals surface area contributed by atoms with Gasteiger partial charge in [-0.1, -0.05) is 17.7 Å². The zero-order valence-corrected chi connectivity index (χ0v) is 14.7. The number of nitrogens with zero attached hydrogens (tertiary/aromatic N) is 4. The van der Waals surface area contributed by atoms with Crippen LogP contribution in [0.3, 0.4) is 0 Å². The molecule has 1 saturated heterocycles. The van der Waals surface area contributed by atoms with Gasteiger partial charge < -0.3 is 9.80 Å². The Balaban J connectivity index is 1.52. The lowest BCUT2D eigenvalue weighted by Crippen LogP contribution is -2.49. The molecule has 0 unspecified atom stereocenters. The van der Waals surface area contributed by atoms with E-state index in [0.29, 0.717) is 42.6 Å². The number of amides is 1. The van der Waals surface area contributed by atoms with Crippen molar-refractivity contribution in [1.29, 1.82) is 0 Å². The monoisotopic (exact) mass is 370 g/mol. The minimum absolute atomic E-state index is 0.0975. The number of benzene rings is 1. The SMILES string of the molecule is O=C(c1cc2ccc(F)cc2nc1Cl)N1CCN(c2ccccn2)CC1. The molecule has 5 nitrogen and oxygen atoms in total. The summed E-state index contributed by atoms with van der Waals surface area (Å²) < 4.78 is 13.3. The molecule has 0 saturated carbocycles. The maximum Gasteiger partial charge on any atom is 0.257 e. The first-order valence-electron chi connectivity index (χ1n) is 8.33. The number of rotatable bonds is 2. The van der Waals surface area contributed by atoms with Crippen molar-refractivity contribution in [3.05, 3.63) is 65.2 Å². The van der Waals surface area contributed by atoms with Gasteiger partial charge in [-0.3, -0.25) is 4.79 Å². The van der Waals surface area contributed by atoms with Crippen LogP contribution >= 0.6 is 11.6 Å². The van der Waals surface area contributed by atoms with Crippen LogP contribution in [-0.2, 0) is 0 Å². The van der Waals surface area contributed by atoms with Crippen molar-refractivity contribution in [2.75, 3.05) is 31.1 Å². The van der Waals surface area contributed by atoms with Gasteiger partial charge in [0.15, 0.2) is 0 Å². The molecule has 132 valence electrons. The molecule has 2 aromatic heterocycles. The van der Waals surface area contributed by atoms with Crippen LogP contribution in [0.15, 0.2) is 48.7 Å². The van der Waals surface area contributed by atoms with Crippen LogP contribution in [0.25, 0.3) is 10.9 Å². The van der Waals surface area contributed by atoms with Gasteiger partial charge in [-0.25, -0.2) is 14.4 Å². The lowest BCUT2D eigenvalue weighted by atomic mass is 10.1. The van der Waals surface area contributed by atoms with Crippen LogP contribution in [0.2, 0.25) is 5.15 Å². The molecular weight excluding hydrogens is 355 g/mol. The highest BCUT2D eigenvalue weighted by molar-refractivity contribution is 6.33. The molecule has 0 spiro atoms. The van der Waals surface area contributed by atoms with Crippen molar-refractivity contribution in [3.8, 4) is 0 Å². The predicted molar refractivity (Wildman–Crippen MR) is 99.1 cm³/mol. The van der Waals surface area contributed by atoms with E-state index in [1.54, 1.807) is 23.2 Å². The number of halogens is 2.